The Balaban J connectivity index is 1.89. The Labute approximate surface area is 167 Å². The van der Waals surface area contributed by atoms with Gasteiger partial charge in [-0.1, -0.05) is 58.4 Å². The van der Waals surface area contributed by atoms with Crippen LogP contribution in [0.1, 0.15) is 15.9 Å². The number of hydrogen-bond donors (Lipinski definition) is 2. The first-order valence-electron chi connectivity index (χ1n) is 7.80. The number of carboxylic acids is 1. The first kappa shape index (κ1) is 19.0. The lowest BCUT2D eigenvalue weighted by Crippen LogP contribution is -2.13. The standard InChI is InChI=1S/C20H13BrFNO3S/c21-14-8-6-13(7-9-14)15-11-27-19(17(15)20(25)26)23-18(24)16(22)10-12-4-2-1-3-5-12/h1-11H,(H,23,24)(H,25,26). The number of carbonyl (C=O) groups excluding carboxylic acids is 1. The van der Waals surface area contributed by atoms with Crippen LogP contribution < -0.4 is 5.32 Å². The van der Waals surface area contributed by atoms with Gasteiger partial charge in [0.05, 0.1) is 0 Å². The summed E-state index contributed by atoms with van der Waals surface area (Å²) in [6.45, 7) is 0. The molecule has 0 bridgehead atoms. The average Bonchev–Trinajstić information content (AvgIpc) is 3.07. The number of thiophene rings is 1. The third kappa shape index (κ3) is 4.50. The van der Waals surface area contributed by atoms with Crippen LogP contribution in [0.2, 0.25) is 0 Å². The Bertz CT molecular complexity index is 1010. The van der Waals surface area contributed by atoms with Crippen LogP contribution in [-0.4, -0.2) is 17.0 Å². The van der Waals surface area contributed by atoms with Gasteiger partial charge >= 0.3 is 5.97 Å². The Morgan fingerprint density at radius 2 is 1.74 bits per heavy atom. The SMILES string of the molecule is O=C(Nc1scc(-c2ccc(Br)cc2)c1C(=O)O)C(F)=Cc1ccccc1. The average molecular weight is 446 g/mol. The fraction of sp³-hybridized carbons (Fsp3) is 0. The van der Waals surface area contributed by atoms with Crippen molar-refractivity contribution in [1.82, 2.24) is 0 Å². The summed E-state index contributed by atoms with van der Waals surface area (Å²) in [5.74, 6) is -3.20. The minimum atomic E-state index is -1.20. The molecule has 27 heavy (non-hydrogen) atoms. The number of anilines is 1. The highest BCUT2D eigenvalue weighted by Crippen LogP contribution is 2.36. The van der Waals surface area contributed by atoms with E-state index in [-0.39, 0.29) is 10.6 Å². The molecule has 3 aromatic rings. The number of amides is 1. The van der Waals surface area contributed by atoms with Crippen molar-refractivity contribution in [3.63, 3.8) is 0 Å². The molecule has 1 heterocycles. The number of nitrogens with one attached hydrogen (secondary N) is 1. The van der Waals surface area contributed by atoms with Gasteiger partial charge < -0.3 is 10.4 Å². The van der Waals surface area contributed by atoms with Crippen LogP contribution >= 0.6 is 27.3 Å². The van der Waals surface area contributed by atoms with Crippen molar-refractivity contribution < 1.29 is 19.1 Å². The van der Waals surface area contributed by atoms with Gasteiger partial charge in [0.1, 0.15) is 10.6 Å². The van der Waals surface area contributed by atoms with E-state index in [0.717, 1.165) is 21.9 Å². The van der Waals surface area contributed by atoms with Crippen LogP contribution in [0.5, 0.6) is 0 Å². The van der Waals surface area contributed by atoms with Gasteiger partial charge in [0.15, 0.2) is 5.83 Å². The van der Waals surface area contributed by atoms with Gasteiger partial charge in [-0.15, -0.1) is 11.3 Å². The van der Waals surface area contributed by atoms with Crippen LogP contribution in [0.4, 0.5) is 9.39 Å². The lowest BCUT2D eigenvalue weighted by atomic mass is 10.0. The summed E-state index contributed by atoms with van der Waals surface area (Å²) in [6.07, 6.45) is 1.10. The van der Waals surface area contributed by atoms with Crippen molar-refractivity contribution in [1.29, 1.82) is 0 Å². The first-order valence-corrected chi connectivity index (χ1v) is 9.47. The van der Waals surface area contributed by atoms with Crippen LogP contribution in [0.25, 0.3) is 17.2 Å². The highest BCUT2D eigenvalue weighted by atomic mass is 79.9. The zero-order valence-electron chi connectivity index (χ0n) is 13.8. The molecule has 3 rings (SSSR count). The predicted octanol–water partition coefficient (Wildman–Crippen LogP) is 5.82. The minimum absolute atomic E-state index is 0.0665. The molecule has 0 radical (unpaired) electrons. The van der Waals surface area contributed by atoms with Crippen LogP contribution in [0, 0.1) is 0 Å². The lowest BCUT2D eigenvalue weighted by molar-refractivity contribution is -0.114. The number of halogens is 2. The lowest BCUT2D eigenvalue weighted by Gasteiger charge is -2.05. The van der Waals surface area contributed by atoms with E-state index in [1.54, 1.807) is 60.0 Å². The summed E-state index contributed by atoms with van der Waals surface area (Å²) in [6, 6.07) is 15.7. The maximum absolute atomic E-state index is 14.2. The van der Waals surface area contributed by atoms with Gasteiger partial charge in [-0.25, -0.2) is 9.18 Å². The van der Waals surface area contributed by atoms with E-state index in [2.05, 4.69) is 21.2 Å². The third-order valence-corrected chi connectivity index (χ3v) is 5.12. The molecular weight excluding hydrogens is 433 g/mol. The van der Waals surface area contributed by atoms with Crippen molar-refractivity contribution in [2.45, 2.75) is 0 Å². The number of aromatic carboxylic acids is 1. The molecule has 0 fully saturated rings. The largest absolute Gasteiger partial charge is 0.478 e. The minimum Gasteiger partial charge on any atom is -0.478 e. The molecule has 136 valence electrons. The number of benzene rings is 2. The molecule has 0 aliphatic heterocycles. The van der Waals surface area contributed by atoms with Crippen molar-refractivity contribution in [3.05, 3.63) is 81.4 Å². The Morgan fingerprint density at radius 3 is 2.37 bits per heavy atom. The molecule has 0 saturated heterocycles. The molecule has 0 aliphatic carbocycles. The Morgan fingerprint density at radius 1 is 1.07 bits per heavy atom. The third-order valence-electron chi connectivity index (χ3n) is 3.70. The van der Waals surface area contributed by atoms with Gasteiger partial charge in [0.2, 0.25) is 0 Å². The molecule has 0 saturated carbocycles. The molecule has 7 heteroatoms. The topological polar surface area (TPSA) is 66.4 Å². The summed E-state index contributed by atoms with van der Waals surface area (Å²) in [5, 5.41) is 13.6. The van der Waals surface area contributed by atoms with E-state index in [9.17, 15) is 19.1 Å². The van der Waals surface area contributed by atoms with Crippen molar-refractivity contribution in [3.8, 4) is 11.1 Å². The summed E-state index contributed by atoms with van der Waals surface area (Å²) in [7, 11) is 0. The summed E-state index contributed by atoms with van der Waals surface area (Å²) in [5.41, 5.74) is 1.61. The smallest absolute Gasteiger partial charge is 0.339 e. The fourth-order valence-electron chi connectivity index (χ4n) is 2.43. The normalized spacial score (nSPS) is 11.3. The molecule has 0 unspecified atom stereocenters. The fourth-order valence-corrected chi connectivity index (χ4v) is 3.65. The van der Waals surface area contributed by atoms with Crippen LogP contribution in [-0.2, 0) is 4.79 Å². The van der Waals surface area contributed by atoms with Gasteiger partial charge in [0, 0.05) is 15.4 Å². The predicted molar refractivity (Wildman–Crippen MR) is 109 cm³/mol. The van der Waals surface area contributed by atoms with Crippen molar-refractivity contribution in [2.75, 3.05) is 5.32 Å². The number of carbonyl (C=O) groups is 2. The van der Waals surface area contributed by atoms with E-state index in [1.807, 2.05) is 0 Å². The van der Waals surface area contributed by atoms with Gasteiger partial charge in [-0.05, 0) is 29.3 Å². The number of hydrogen-bond acceptors (Lipinski definition) is 3. The Hall–Kier alpha value is -2.77. The van der Waals surface area contributed by atoms with E-state index in [4.69, 9.17) is 0 Å². The highest BCUT2D eigenvalue weighted by molar-refractivity contribution is 9.10. The van der Waals surface area contributed by atoms with E-state index >= 15 is 0 Å². The molecular formula is C20H13BrFNO3S. The highest BCUT2D eigenvalue weighted by Gasteiger charge is 2.22. The maximum Gasteiger partial charge on any atom is 0.339 e. The zero-order valence-corrected chi connectivity index (χ0v) is 16.2. The molecule has 0 aliphatic rings. The van der Waals surface area contributed by atoms with Gasteiger partial charge in [-0.3, -0.25) is 4.79 Å². The quantitative estimate of drug-likeness (QED) is 0.485. The van der Waals surface area contributed by atoms with E-state index in [0.29, 0.717) is 16.7 Å². The van der Waals surface area contributed by atoms with Gasteiger partial charge in [-0.2, -0.15) is 0 Å². The van der Waals surface area contributed by atoms with Crippen molar-refractivity contribution in [2.24, 2.45) is 0 Å². The first-order chi connectivity index (χ1) is 13.0. The molecule has 1 aromatic heterocycles. The maximum atomic E-state index is 14.2. The van der Waals surface area contributed by atoms with Gasteiger partial charge in [0.25, 0.3) is 5.91 Å². The molecule has 2 aromatic carbocycles. The second-order valence-electron chi connectivity index (χ2n) is 5.52. The van der Waals surface area contributed by atoms with Crippen LogP contribution in [0.15, 0.2) is 70.3 Å². The Kier molecular flexibility index (Phi) is 5.83. The second kappa shape index (κ2) is 8.28. The summed E-state index contributed by atoms with van der Waals surface area (Å²) in [4.78, 5) is 23.9. The van der Waals surface area contributed by atoms with E-state index < -0.39 is 17.7 Å². The number of carboxylic acid groups (broad SMARTS) is 1. The molecule has 4 nitrogen and oxygen atoms in total. The monoisotopic (exact) mass is 445 g/mol. The molecule has 2 N–H and O–H groups in total. The van der Waals surface area contributed by atoms with Crippen molar-refractivity contribution >= 4 is 50.2 Å². The van der Waals surface area contributed by atoms with E-state index in [1.165, 1.54) is 0 Å². The summed E-state index contributed by atoms with van der Waals surface area (Å²) >= 11 is 4.37. The number of rotatable bonds is 5. The molecule has 0 atom stereocenters. The summed E-state index contributed by atoms with van der Waals surface area (Å²) < 4.78 is 15.0. The van der Waals surface area contributed by atoms with Crippen LogP contribution in [0.3, 0.4) is 0 Å². The molecule has 0 spiro atoms. The molecule has 1 amide bonds. The second-order valence-corrected chi connectivity index (χ2v) is 7.32. The zero-order chi connectivity index (χ0) is 19.4.